The van der Waals surface area contributed by atoms with E-state index >= 15 is 0 Å². The Bertz CT molecular complexity index is 602. The van der Waals surface area contributed by atoms with E-state index in [0.717, 1.165) is 18.6 Å². The minimum Gasteiger partial charge on any atom is -0.497 e. The van der Waals surface area contributed by atoms with E-state index in [9.17, 15) is 0 Å². The maximum Gasteiger partial charge on any atom is 0.119 e. The van der Waals surface area contributed by atoms with Crippen molar-refractivity contribution in [3.05, 3.63) is 42.0 Å². The van der Waals surface area contributed by atoms with Crippen LogP contribution in [0, 0.1) is 0 Å². The lowest BCUT2D eigenvalue weighted by Gasteiger charge is -2.32. The fourth-order valence-corrected chi connectivity index (χ4v) is 2.70. The average Bonchev–Trinajstić information content (AvgIpc) is 2.53. The van der Waals surface area contributed by atoms with Gasteiger partial charge in [0.2, 0.25) is 0 Å². The Kier molecular flexibility index (Phi) is 4.89. The Morgan fingerprint density at radius 2 is 1.67 bits per heavy atom. The maximum atomic E-state index is 5.28. The van der Waals surface area contributed by atoms with Crippen molar-refractivity contribution in [1.82, 2.24) is 5.32 Å². The van der Waals surface area contributed by atoms with Gasteiger partial charge in [0.05, 0.1) is 7.11 Å². The minimum absolute atomic E-state index is 0.203. The van der Waals surface area contributed by atoms with Crippen molar-refractivity contribution in [1.29, 1.82) is 0 Å². The summed E-state index contributed by atoms with van der Waals surface area (Å²) in [5.74, 6) is 0.908. The van der Waals surface area contributed by atoms with Gasteiger partial charge in [-0.1, -0.05) is 32.0 Å². The van der Waals surface area contributed by atoms with E-state index in [1.165, 1.54) is 16.3 Å². The smallest absolute Gasteiger partial charge is 0.119 e. The van der Waals surface area contributed by atoms with Crippen LogP contribution in [0.1, 0.15) is 52.1 Å². The fraction of sp³-hybridized carbons (Fsp3) is 0.474. The molecule has 0 aliphatic rings. The van der Waals surface area contributed by atoms with Gasteiger partial charge in [-0.2, -0.15) is 0 Å². The molecule has 0 radical (unpaired) electrons. The van der Waals surface area contributed by atoms with Crippen molar-refractivity contribution in [3.63, 3.8) is 0 Å². The van der Waals surface area contributed by atoms with Gasteiger partial charge in [0.1, 0.15) is 5.75 Å². The van der Waals surface area contributed by atoms with Crippen LogP contribution in [0.25, 0.3) is 10.8 Å². The first kappa shape index (κ1) is 15.8. The highest BCUT2D eigenvalue weighted by atomic mass is 16.5. The van der Waals surface area contributed by atoms with Crippen LogP contribution in [0.2, 0.25) is 0 Å². The lowest BCUT2D eigenvalue weighted by atomic mass is 9.93. The summed E-state index contributed by atoms with van der Waals surface area (Å²) in [6.07, 6.45) is 2.28. The number of benzene rings is 2. The quantitative estimate of drug-likeness (QED) is 0.799. The van der Waals surface area contributed by atoms with Gasteiger partial charge in [-0.25, -0.2) is 0 Å². The molecular weight excluding hydrogens is 258 g/mol. The zero-order chi connectivity index (χ0) is 15.5. The fourth-order valence-electron chi connectivity index (χ4n) is 2.70. The van der Waals surface area contributed by atoms with Gasteiger partial charge in [-0.15, -0.1) is 0 Å². The molecular formula is C19H27NO. The molecule has 1 atom stereocenters. The molecule has 0 fully saturated rings. The van der Waals surface area contributed by atoms with Crippen molar-refractivity contribution in [2.24, 2.45) is 0 Å². The summed E-state index contributed by atoms with van der Waals surface area (Å²) in [7, 11) is 1.71. The highest BCUT2D eigenvalue weighted by molar-refractivity contribution is 5.84. The summed E-state index contributed by atoms with van der Waals surface area (Å²) < 4.78 is 5.28. The van der Waals surface area contributed by atoms with E-state index in [1.807, 2.05) is 6.07 Å². The largest absolute Gasteiger partial charge is 0.497 e. The molecule has 0 saturated carbocycles. The monoisotopic (exact) mass is 285 g/mol. The first-order valence-electron chi connectivity index (χ1n) is 7.86. The predicted molar refractivity (Wildman–Crippen MR) is 91.0 cm³/mol. The first-order chi connectivity index (χ1) is 10.0. The van der Waals surface area contributed by atoms with E-state index in [4.69, 9.17) is 4.74 Å². The molecule has 0 heterocycles. The van der Waals surface area contributed by atoms with E-state index in [1.54, 1.807) is 7.11 Å². The molecule has 114 valence electrons. The highest BCUT2D eigenvalue weighted by Crippen LogP contribution is 2.26. The minimum atomic E-state index is 0.203. The Balaban J connectivity index is 2.26. The number of nitrogens with one attached hydrogen (secondary N) is 1. The third-order valence-electron chi connectivity index (χ3n) is 4.70. The third-order valence-corrected chi connectivity index (χ3v) is 4.70. The number of methoxy groups -OCH3 is 1. The van der Waals surface area contributed by atoms with Crippen molar-refractivity contribution in [2.45, 2.75) is 52.1 Å². The molecule has 1 unspecified atom stereocenters. The molecule has 2 aromatic rings. The van der Waals surface area contributed by atoms with Crippen molar-refractivity contribution >= 4 is 10.8 Å². The van der Waals surface area contributed by atoms with E-state index in [2.05, 4.69) is 63.3 Å². The second kappa shape index (κ2) is 6.48. The van der Waals surface area contributed by atoms with E-state index < -0.39 is 0 Å². The number of fused-ring (bicyclic) bond motifs is 1. The van der Waals surface area contributed by atoms with Crippen molar-refractivity contribution in [2.75, 3.05) is 7.11 Å². The molecule has 2 nitrogen and oxygen atoms in total. The van der Waals surface area contributed by atoms with Gasteiger partial charge >= 0.3 is 0 Å². The first-order valence-corrected chi connectivity index (χ1v) is 7.86. The molecule has 2 heteroatoms. The topological polar surface area (TPSA) is 21.3 Å². The van der Waals surface area contributed by atoms with Gasteiger partial charge in [-0.3, -0.25) is 0 Å². The zero-order valence-electron chi connectivity index (χ0n) is 13.9. The molecule has 2 rings (SSSR count). The standard InChI is InChI=1S/C19H27NO/c1-6-19(4,7-2)20-14(3)15-8-9-17-13-18(21-5)11-10-16(17)12-15/h8-14,20H,6-7H2,1-5H3. The predicted octanol–water partition coefficient (Wildman–Crippen LogP) is 5.08. The summed E-state index contributed by atoms with van der Waals surface area (Å²) in [6, 6.07) is 13.3. The molecule has 1 N–H and O–H groups in total. The van der Waals surface area contributed by atoms with Gasteiger partial charge in [0.15, 0.2) is 0 Å². The Labute approximate surface area is 128 Å². The van der Waals surface area contributed by atoms with Crippen LogP contribution in [0.4, 0.5) is 0 Å². The van der Waals surface area contributed by atoms with Crippen LogP contribution in [0.3, 0.4) is 0 Å². The average molecular weight is 285 g/mol. The van der Waals surface area contributed by atoms with Crippen LogP contribution in [-0.4, -0.2) is 12.6 Å². The Hall–Kier alpha value is -1.54. The van der Waals surface area contributed by atoms with Crippen LogP contribution in [0.5, 0.6) is 5.75 Å². The zero-order valence-corrected chi connectivity index (χ0v) is 13.9. The van der Waals surface area contributed by atoms with E-state index in [-0.39, 0.29) is 5.54 Å². The molecule has 0 amide bonds. The third kappa shape index (κ3) is 3.56. The van der Waals surface area contributed by atoms with Gasteiger partial charge in [0, 0.05) is 11.6 Å². The summed E-state index contributed by atoms with van der Waals surface area (Å²) in [6.45, 7) is 9.04. The van der Waals surface area contributed by atoms with Crippen LogP contribution >= 0.6 is 0 Å². The van der Waals surface area contributed by atoms with Crippen LogP contribution in [-0.2, 0) is 0 Å². The Morgan fingerprint density at radius 3 is 2.29 bits per heavy atom. The summed E-state index contributed by atoms with van der Waals surface area (Å²) in [5.41, 5.74) is 1.54. The molecule has 21 heavy (non-hydrogen) atoms. The molecule has 0 aliphatic heterocycles. The SMILES string of the molecule is CCC(C)(CC)NC(C)c1ccc2cc(OC)ccc2c1. The number of hydrogen-bond acceptors (Lipinski definition) is 2. The molecule has 0 bridgehead atoms. The van der Waals surface area contributed by atoms with Crippen LogP contribution < -0.4 is 10.1 Å². The second-order valence-electron chi connectivity index (χ2n) is 6.11. The Morgan fingerprint density at radius 1 is 1.05 bits per heavy atom. The molecule has 0 spiro atoms. The van der Waals surface area contributed by atoms with Crippen molar-refractivity contribution in [3.8, 4) is 5.75 Å². The number of rotatable bonds is 6. The normalized spacial score (nSPS) is 13.4. The molecule has 0 aromatic heterocycles. The summed E-state index contributed by atoms with van der Waals surface area (Å²) >= 11 is 0. The van der Waals surface area contributed by atoms with Gasteiger partial charge < -0.3 is 10.1 Å². The molecule has 0 saturated heterocycles. The van der Waals surface area contributed by atoms with Crippen molar-refractivity contribution < 1.29 is 4.74 Å². The maximum absolute atomic E-state index is 5.28. The number of ether oxygens (including phenoxy) is 1. The molecule has 0 aliphatic carbocycles. The lowest BCUT2D eigenvalue weighted by molar-refractivity contribution is 0.299. The lowest BCUT2D eigenvalue weighted by Crippen LogP contribution is -2.42. The number of hydrogen-bond donors (Lipinski definition) is 1. The summed E-state index contributed by atoms with van der Waals surface area (Å²) in [5, 5.41) is 6.25. The second-order valence-corrected chi connectivity index (χ2v) is 6.11. The van der Waals surface area contributed by atoms with Gasteiger partial charge in [-0.05, 0) is 61.2 Å². The highest BCUT2D eigenvalue weighted by Gasteiger charge is 2.22. The van der Waals surface area contributed by atoms with E-state index in [0.29, 0.717) is 6.04 Å². The van der Waals surface area contributed by atoms with Gasteiger partial charge in [0.25, 0.3) is 0 Å². The molecule has 2 aromatic carbocycles. The van der Waals surface area contributed by atoms with Crippen LogP contribution in [0.15, 0.2) is 36.4 Å². The summed E-state index contributed by atoms with van der Waals surface area (Å²) in [4.78, 5) is 0.